The van der Waals surface area contributed by atoms with E-state index in [2.05, 4.69) is 55.4 Å². The third-order valence-electron chi connectivity index (χ3n) is 6.38. The maximum Gasteiger partial charge on any atom is -0.0251 e. The normalized spacial score (nSPS) is 17.0. The molecular formula is C21H44. The van der Waals surface area contributed by atoms with Gasteiger partial charge in [-0.15, -0.1) is 0 Å². The Morgan fingerprint density at radius 3 is 1.71 bits per heavy atom. The molecule has 0 saturated heterocycles. The summed E-state index contributed by atoms with van der Waals surface area (Å²) < 4.78 is 0. The average molecular weight is 297 g/mol. The minimum Gasteiger partial charge on any atom is -0.0654 e. The maximum atomic E-state index is 2.61. The van der Waals surface area contributed by atoms with E-state index in [1.54, 1.807) is 0 Å². The zero-order valence-corrected chi connectivity index (χ0v) is 16.5. The van der Waals surface area contributed by atoms with Gasteiger partial charge in [0.15, 0.2) is 0 Å². The molecule has 128 valence electrons. The first-order chi connectivity index (χ1) is 9.80. The van der Waals surface area contributed by atoms with Crippen molar-refractivity contribution >= 4 is 0 Å². The molecule has 2 atom stereocenters. The Hall–Kier alpha value is 0. The Labute approximate surface area is 136 Å². The molecule has 0 aliphatic carbocycles. The third kappa shape index (κ3) is 5.95. The van der Waals surface area contributed by atoms with E-state index in [1.165, 1.54) is 57.8 Å². The van der Waals surface area contributed by atoms with Gasteiger partial charge in [-0.25, -0.2) is 0 Å². The molecular weight excluding hydrogens is 252 g/mol. The van der Waals surface area contributed by atoms with Crippen molar-refractivity contribution < 1.29 is 0 Å². The van der Waals surface area contributed by atoms with Crippen LogP contribution in [0.15, 0.2) is 0 Å². The molecule has 0 radical (unpaired) electrons. The van der Waals surface area contributed by atoms with E-state index in [-0.39, 0.29) is 0 Å². The zero-order valence-electron chi connectivity index (χ0n) is 16.5. The molecule has 0 aliphatic heterocycles. The fourth-order valence-electron chi connectivity index (χ4n) is 4.99. The molecule has 0 nitrogen and oxygen atoms in total. The number of hydrogen-bond donors (Lipinski definition) is 0. The lowest BCUT2D eigenvalue weighted by Crippen LogP contribution is -2.40. The molecule has 0 rings (SSSR count). The third-order valence-corrected chi connectivity index (χ3v) is 6.38. The molecule has 2 unspecified atom stereocenters. The Morgan fingerprint density at radius 1 is 0.810 bits per heavy atom. The molecule has 0 aromatic carbocycles. The SMILES string of the molecule is CCCC(C)CCCC(C)(CC(C)C)C(CC)(CC)CC. The van der Waals surface area contributed by atoms with Gasteiger partial charge in [-0.1, -0.05) is 81.1 Å². The molecule has 0 bridgehead atoms. The van der Waals surface area contributed by atoms with Crippen LogP contribution in [0.1, 0.15) is 113 Å². The van der Waals surface area contributed by atoms with E-state index in [9.17, 15) is 0 Å². The van der Waals surface area contributed by atoms with Gasteiger partial charge in [-0.2, -0.15) is 0 Å². The second-order valence-corrected chi connectivity index (χ2v) is 8.29. The van der Waals surface area contributed by atoms with Gasteiger partial charge in [0.05, 0.1) is 0 Å². The van der Waals surface area contributed by atoms with Crippen LogP contribution in [0.2, 0.25) is 0 Å². The molecule has 0 aromatic rings. The zero-order chi connectivity index (χ0) is 16.5. The van der Waals surface area contributed by atoms with Crippen molar-refractivity contribution in [3.63, 3.8) is 0 Å². The summed E-state index contributed by atoms with van der Waals surface area (Å²) in [5, 5.41) is 0. The van der Waals surface area contributed by atoms with E-state index in [0.29, 0.717) is 10.8 Å². The first kappa shape index (κ1) is 21.0. The first-order valence-electron chi connectivity index (χ1n) is 9.80. The van der Waals surface area contributed by atoms with Crippen molar-refractivity contribution in [1.29, 1.82) is 0 Å². The van der Waals surface area contributed by atoms with Crippen LogP contribution in [0.4, 0.5) is 0 Å². The molecule has 0 spiro atoms. The monoisotopic (exact) mass is 296 g/mol. The average Bonchev–Trinajstić information content (AvgIpc) is 2.40. The van der Waals surface area contributed by atoms with Crippen LogP contribution in [0.5, 0.6) is 0 Å². The summed E-state index contributed by atoms with van der Waals surface area (Å²) in [6, 6.07) is 0. The van der Waals surface area contributed by atoms with Crippen molar-refractivity contribution in [2.45, 2.75) is 113 Å². The lowest BCUT2D eigenvalue weighted by Gasteiger charge is -2.50. The molecule has 0 heteroatoms. The Kier molecular flexibility index (Phi) is 9.90. The van der Waals surface area contributed by atoms with Gasteiger partial charge < -0.3 is 0 Å². The summed E-state index contributed by atoms with van der Waals surface area (Å²) in [7, 11) is 0. The number of hydrogen-bond acceptors (Lipinski definition) is 0. The lowest BCUT2D eigenvalue weighted by atomic mass is 9.55. The molecule has 0 fully saturated rings. The Morgan fingerprint density at radius 2 is 1.33 bits per heavy atom. The van der Waals surface area contributed by atoms with Gasteiger partial charge in [0.25, 0.3) is 0 Å². The van der Waals surface area contributed by atoms with Gasteiger partial charge in [0, 0.05) is 0 Å². The fourth-order valence-corrected chi connectivity index (χ4v) is 4.99. The summed E-state index contributed by atoms with van der Waals surface area (Å²) in [6.07, 6.45) is 12.4. The second kappa shape index (κ2) is 9.90. The lowest BCUT2D eigenvalue weighted by molar-refractivity contribution is 0.00415. The topological polar surface area (TPSA) is 0 Å². The van der Waals surface area contributed by atoms with Crippen molar-refractivity contribution in [2.24, 2.45) is 22.7 Å². The van der Waals surface area contributed by atoms with Crippen LogP contribution in [-0.4, -0.2) is 0 Å². The van der Waals surface area contributed by atoms with E-state index in [4.69, 9.17) is 0 Å². The van der Waals surface area contributed by atoms with Crippen molar-refractivity contribution in [3.05, 3.63) is 0 Å². The van der Waals surface area contributed by atoms with Gasteiger partial charge >= 0.3 is 0 Å². The molecule has 0 amide bonds. The second-order valence-electron chi connectivity index (χ2n) is 8.29. The minimum atomic E-state index is 0.519. The largest absolute Gasteiger partial charge is 0.0654 e. The van der Waals surface area contributed by atoms with E-state index in [0.717, 1.165) is 11.8 Å². The van der Waals surface area contributed by atoms with E-state index < -0.39 is 0 Å². The summed E-state index contributed by atoms with van der Waals surface area (Å²) in [4.78, 5) is 0. The summed E-state index contributed by atoms with van der Waals surface area (Å²) >= 11 is 0. The molecule has 0 aromatic heterocycles. The summed E-state index contributed by atoms with van der Waals surface area (Å²) in [5.74, 6) is 1.73. The number of rotatable bonds is 12. The Balaban J connectivity index is 4.91. The summed E-state index contributed by atoms with van der Waals surface area (Å²) in [6.45, 7) is 19.4. The van der Waals surface area contributed by atoms with E-state index in [1.807, 2.05) is 0 Å². The predicted octanol–water partition coefficient (Wildman–Crippen LogP) is 7.86. The minimum absolute atomic E-state index is 0.519. The van der Waals surface area contributed by atoms with Gasteiger partial charge in [-0.3, -0.25) is 0 Å². The highest BCUT2D eigenvalue weighted by molar-refractivity contribution is 4.93. The highest BCUT2D eigenvalue weighted by Gasteiger charge is 2.43. The van der Waals surface area contributed by atoms with Crippen LogP contribution < -0.4 is 0 Å². The van der Waals surface area contributed by atoms with Gasteiger partial charge in [0.1, 0.15) is 0 Å². The van der Waals surface area contributed by atoms with Crippen LogP contribution in [-0.2, 0) is 0 Å². The Bertz CT molecular complexity index is 240. The van der Waals surface area contributed by atoms with Gasteiger partial charge in [0.2, 0.25) is 0 Å². The molecule has 0 N–H and O–H groups in total. The fraction of sp³-hybridized carbons (Fsp3) is 1.00. The van der Waals surface area contributed by atoms with Crippen molar-refractivity contribution in [2.75, 3.05) is 0 Å². The highest BCUT2D eigenvalue weighted by Crippen LogP contribution is 2.54. The molecule has 0 saturated carbocycles. The van der Waals surface area contributed by atoms with E-state index >= 15 is 0 Å². The quantitative estimate of drug-likeness (QED) is 0.344. The molecule has 0 heterocycles. The smallest absolute Gasteiger partial charge is 0.0251 e. The highest BCUT2D eigenvalue weighted by atomic mass is 14.5. The predicted molar refractivity (Wildman–Crippen MR) is 98.8 cm³/mol. The van der Waals surface area contributed by atoms with Crippen molar-refractivity contribution in [3.8, 4) is 0 Å². The van der Waals surface area contributed by atoms with Crippen LogP contribution in [0, 0.1) is 22.7 Å². The maximum absolute atomic E-state index is 2.61. The molecule has 21 heavy (non-hydrogen) atoms. The summed E-state index contributed by atoms with van der Waals surface area (Å²) in [5.41, 5.74) is 1.07. The van der Waals surface area contributed by atoms with Crippen LogP contribution >= 0.6 is 0 Å². The molecule has 0 aliphatic rings. The van der Waals surface area contributed by atoms with Gasteiger partial charge in [-0.05, 0) is 54.8 Å². The standard InChI is InChI=1S/C21H44/c1-9-14-19(7)15-13-16-20(8,17-18(5)6)21(10-2,11-3)12-4/h18-19H,9-17H2,1-8H3. The van der Waals surface area contributed by atoms with Crippen LogP contribution in [0.25, 0.3) is 0 Å². The first-order valence-corrected chi connectivity index (χ1v) is 9.80. The van der Waals surface area contributed by atoms with Crippen molar-refractivity contribution in [1.82, 2.24) is 0 Å². The van der Waals surface area contributed by atoms with Crippen LogP contribution in [0.3, 0.4) is 0 Å².